The van der Waals surface area contributed by atoms with Gasteiger partial charge in [-0.25, -0.2) is 4.98 Å². The predicted octanol–water partition coefficient (Wildman–Crippen LogP) is 4.13. The topological polar surface area (TPSA) is 49.3 Å². The Morgan fingerprint density at radius 1 is 1.17 bits per heavy atom. The van der Waals surface area contributed by atoms with Gasteiger partial charge in [0.1, 0.15) is 5.01 Å². The Kier molecular flexibility index (Phi) is 7.25. The van der Waals surface area contributed by atoms with Gasteiger partial charge in [-0.15, -0.1) is 11.3 Å². The van der Waals surface area contributed by atoms with E-state index in [9.17, 15) is 0 Å². The van der Waals surface area contributed by atoms with Gasteiger partial charge in [0.15, 0.2) is 5.96 Å². The third-order valence-corrected chi connectivity index (χ3v) is 4.90. The van der Waals surface area contributed by atoms with E-state index in [4.69, 9.17) is 0 Å². The van der Waals surface area contributed by atoms with E-state index in [1.54, 1.807) is 18.4 Å². The molecule has 0 amide bonds. The molecule has 0 radical (unpaired) electrons. The normalized spacial score (nSPS) is 13.1. The van der Waals surface area contributed by atoms with Crippen LogP contribution in [0.4, 0.5) is 0 Å². The molecule has 1 aromatic heterocycles. The molecule has 2 N–H and O–H groups in total. The molecule has 1 atom stereocenters. The Labute approximate surface area is 149 Å². The third-order valence-electron chi connectivity index (χ3n) is 4.03. The highest BCUT2D eigenvalue weighted by molar-refractivity contribution is 7.09. The first-order valence-electron chi connectivity index (χ1n) is 8.54. The van der Waals surface area contributed by atoms with Gasteiger partial charge in [-0.3, -0.25) is 4.99 Å². The highest BCUT2D eigenvalue weighted by Crippen LogP contribution is 2.18. The van der Waals surface area contributed by atoms with Gasteiger partial charge in [-0.1, -0.05) is 51.1 Å². The molecule has 0 spiro atoms. The molecule has 1 heterocycles. The van der Waals surface area contributed by atoms with Crippen molar-refractivity contribution >= 4 is 17.3 Å². The van der Waals surface area contributed by atoms with E-state index in [2.05, 4.69) is 77.1 Å². The molecule has 4 nitrogen and oxygen atoms in total. The summed E-state index contributed by atoms with van der Waals surface area (Å²) in [5.74, 6) is 1.84. The van der Waals surface area contributed by atoms with Crippen LogP contribution in [0.15, 0.2) is 40.7 Å². The molecule has 0 aliphatic carbocycles. The van der Waals surface area contributed by atoms with E-state index in [1.807, 2.05) is 0 Å². The molecule has 0 saturated heterocycles. The number of thiazole rings is 1. The third kappa shape index (κ3) is 5.64. The fourth-order valence-corrected chi connectivity index (χ4v) is 3.30. The standard InChI is InChI=1S/C19H28N4S/c1-14(2)17-13-24-18(23-17)12-22-19(20-4)21-11-10-15(3)16-8-6-5-7-9-16/h5-9,13-15H,10-12H2,1-4H3,(H2,20,21,22). The Morgan fingerprint density at radius 2 is 1.92 bits per heavy atom. The van der Waals surface area contributed by atoms with Gasteiger partial charge >= 0.3 is 0 Å². The van der Waals surface area contributed by atoms with Crippen molar-refractivity contribution in [2.45, 2.75) is 45.6 Å². The molecule has 2 aromatic rings. The quantitative estimate of drug-likeness (QED) is 0.586. The molecule has 0 saturated carbocycles. The van der Waals surface area contributed by atoms with Crippen LogP contribution in [-0.4, -0.2) is 24.5 Å². The summed E-state index contributed by atoms with van der Waals surface area (Å²) in [5.41, 5.74) is 2.54. The smallest absolute Gasteiger partial charge is 0.191 e. The van der Waals surface area contributed by atoms with Crippen molar-refractivity contribution in [1.29, 1.82) is 0 Å². The lowest BCUT2D eigenvalue weighted by Gasteiger charge is -2.14. The van der Waals surface area contributed by atoms with Crippen molar-refractivity contribution in [3.8, 4) is 0 Å². The maximum absolute atomic E-state index is 4.64. The SMILES string of the molecule is CN=C(NCCC(C)c1ccccc1)NCc1nc(C(C)C)cs1. The monoisotopic (exact) mass is 344 g/mol. The maximum atomic E-state index is 4.64. The van der Waals surface area contributed by atoms with Crippen LogP contribution < -0.4 is 10.6 Å². The van der Waals surface area contributed by atoms with E-state index < -0.39 is 0 Å². The van der Waals surface area contributed by atoms with Crippen molar-refractivity contribution in [2.75, 3.05) is 13.6 Å². The van der Waals surface area contributed by atoms with Crippen LogP contribution in [0.1, 0.15) is 55.3 Å². The fraction of sp³-hybridized carbons (Fsp3) is 0.474. The van der Waals surface area contributed by atoms with E-state index in [0.717, 1.165) is 29.6 Å². The van der Waals surface area contributed by atoms with Crippen LogP contribution in [0.2, 0.25) is 0 Å². The first-order chi connectivity index (χ1) is 11.6. The first-order valence-corrected chi connectivity index (χ1v) is 9.42. The number of aliphatic imine (C=N–C) groups is 1. The molecule has 1 aromatic carbocycles. The minimum absolute atomic E-state index is 0.479. The average Bonchev–Trinajstić information content (AvgIpc) is 3.08. The van der Waals surface area contributed by atoms with Crippen LogP contribution in [0.3, 0.4) is 0 Å². The molecule has 24 heavy (non-hydrogen) atoms. The lowest BCUT2D eigenvalue weighted by Crippen LogP contribution is -2.37. The Hall–Kier alpha value is -1.88. The van der Waals surface area contributed by atoms with E-state index in [-0.39, 0.29) is 0 Å². The van der Waals surface area contributed by atoms with Crippen LogP contribution >= 0.6 is 11.3 Å². The van der Waals surface area contributed by atoms with Crippen molar-refractivity contribution < 1.29 is 0 Å². The second kappa shape index (κ2) is 9.42. The second-order valence-corrected chi connectivity index (χ2v) is 7.22. The summed E-state index contributed by atoms with van der Waals surface area (Å²) in [5, 5.41) is 9.96. The molecule has 0 aliphatic rings. The maximum Gasteiger partial charge on any atom is 0.191 e. The fourth-order valence-electron chi connectivity index (χ4n) is 2.41. The van der Waals surface area contributed by atoms with Gasteiger partial charge in [0.2, 0.25) is 0 Å². The van der Waals surface area contributed by atoms with Crippen LogP contribution in [0.25, 0.3) is 0 Å². The van der Waals surface area contributed by atoms with Gasteiger partial charge in [0, 0.05) is 19.0 Å². The molecule has 5 heteroatoms. The lowest BCUT2D eigenvalue weighted by molar-refractivity contribution is 0.651. The van der Waals surface area contributed by atoms with Crippen LogP contribution in [-0.2, 0) is 6.54 Å². The van der Waals surface area contributed by atoms with Crippen molar-refractivity contribution in [2.24, 2.45) is 4.99 Å². The Balaban J connectivity index is 1.74. The number of guanidine groups is 1. The van der Waals surface area contributed by atoms with Crippen molar-refractivity contribution in [3.63, 3.8) is 0 Å². The summed E-state index contributed by atoms with van der Waals surface area (Å²) >= 11 is 1.70. The molecule has 1 unspecified atom stereocenters. The number of hydrogen-bond acceptors (Lipinski definition) is 3. The van der Waals surface area contributed by atoms with E-state index >= 15 is 0 Å². The number of rotatable bonds is 7. The first kappa shape index (κ1) is 18.5. The average molecular weight is 345 g/mol. The minimum atomic E-state index is 0.479. The predicted molar refractivity (Wildman–Crippen MR) is 104 cm³/mol. The number of benzene rings is 1. The number of nitrogens with one attached hydrogen (secondary N) is 2. The highest BCUT2D eigenvalue weighted by Gasteiger charge is 2.07. The largest absolute Gasteiger partial charge is 0.356 e. The Bertz CT molecular complexity index is 634. The number of aromatic nitrogens is 1. The summed E-state index contributed by atoms with van der Waals surface area (Å²) in [6.07, 6.45) is 1.07. The second-order valence-electron chi connectivity index (χ2n) is 6.27. The molecular weight excluding hydrogens is 316 g/mol. The van der Waals surface area contributed by atoms with Gasteiger partial charge < -0.3 is 10.6 Å². The Morgan fingerprint density at radius 3 is 2.54 bits per heavy atom. The van der Waals surface area contributed by atoms with Gasteiger partial charge in [0.05, 0.1) is 12.2 Å². The molecule has 130 valence electrons. The summed E-state index contributed by atoms with van der Waals surface area (Å²) < 4.78 is 0. The van der Waals surface area contributed by atoms with Gasteiger partial charge in [-0.2, -0.15) is 0 Å². The minimum Gasteiger partial charge on any atom is -0.356 e. The summed E-state index contributed by atoms with van der Waals surface area (Å²) in [6.45, 7) is 8.20. The lowest BCUT2D eigenvalue weighted by atomic mass is 9.98. The van der Waals surface area contributed by atoms with E-state index in [1.165, 1.54) is 5.56 Å². The zero-order valence-electron chi connectivity index (χ0n) is 15.0. The summed E-state index contributed by atoms with van der Waals surface area (Å²) in [4.78, 5) is 8.92. The van der Waals surface area contributed by atoms with E-state index in [0.29, 0.717) is 18.4 Å². The van der Waals surface area contributed by atoms with Crippen molar-refractivity contribution in [1.82, 2.24) is 15.6 Å². The molecule has 2 rings (SSSR count). The number of nitrogens with zero attached hydrogens (tertiary/aromatic N) is 2. The van der Waals surface area contributed by atoms with Gasteiger partial charge in [0.25, 0.3) is 0 Å². The number of hydrogen-bond donors (Lipinski definition) is 2. The van der Waals surface area contributed by atoms with Crippen LogP contribution in [0, 0.1) is 0 Å². The van der Waals surface area contributed by atoms with Crippen LogP contribution in [0.5, 0.6) is 0 Å². The zero-order chi connectivity index (χ0) is 17.4. The molecule has 0 bridgehead atoms. The molecular formula is C19H28N4S. The summed E-state index contributed by atoms with van der Waals surface area (Å²) in [6, 6.07) is 10.6. The molecule has 0 aliphatic heterocycles. The van der Waals surface area contributed by atoms with Crippen molar-refractivity contribution in [3.05, 3.63) is 52.0 Å². The highest BCUT2D eigenvalue weighted by atomic mass is 32.1. The summed E-state index contributed by atoms with van der Waals surface area (Å²) in [7, 11) is 1.80. The zero-order valence-corrected chi connectivity index (χ0v) is 15.9. The van der Waals surface area contributed by atoms with Gasteiger partial charge in [-0.05, 0) is 23.8 Å². The molecule has 0 fully saturated rings.